The van der Waals surface area contributed by atoms with Crippen LogP contribution in [0.25, 0.3) is 0 Å². The normalized spacial score (nSPS) is 14.3. The summed E-state index contributed by atoms with van der Waals surface area (Å²) in [6.07, 6.45) is 0. The molecule has 1 amide bonds. The maximum atomic E-state index is 11.2. The average molecular weight is 204 g/mol. The van der Waals surface area contributed by atoms with Crippen molar-refractivity contribution in [2.45, 2.75) is 19.0 Å². The number of methoxy groups -OCH3 is 2. The van der Waals surface area contributed by atoms with Crippen LogP contribution in [0.5, 0.6) is 0 Å². The minimum absolute atomic E-state index is 0.111. The van der Waals surface area contributed by atoms with Crippen molar-refractivity contribution in [1.29, 1.82) is 0 Å². The highest BCUT2D eigenvalue weighted by atomic mass is 16.5. The lowest BCUT2D eigenvalue weighted by Gasteiger charge is -2.15. The SMILES string of the molecule is COCC(N)C(=O)NC(C)C(=O)OC. The third kappa shape index (κ3) is 4.20. The van der Waals surface area contributed by atoms with Crippen molar-refractivity contribution in [3.8, 4) is 0 Å². The lowest BCUT2D eigenvalue weighted by Crippen LogP contribution is -2.49. The minimum atomic E-state index is -0.771. The fourth-order valence-corrected chi connectivity index (χ4v) is 0.811. The Kier molecular flexibility index (Phi) is 5.82. The number of ether oxygens (including phenoxy) is 2. The van der Waals surface area contributed by atoms with Crippen LogP contribution >= 0.6 is 0 Å². The van der Waals surface area contributed by atoms with Crippen LogP contribution in [0.4, 0.5) is 0 Å². The van der Waals surface area contributed by atoms with Gasteiger partial charge in [0.05, 0.1) is 13.7 Å². The van der Waals surface area contributed by atoms with Gasteiger partial charge in [0.25, 0.3) is 0 Å². The van der Waals surface area contributed by atoms with Gasteiger partial charge in [-0.3, -0.25) is 4.79 Å². The maximum Gasteiger partial charge on any atom is 0.328 e. The largest absolute Gasteiger partial charge is 0.467 e. The molecule has 2 unspecified atom stereocenters. The third-order valence-electron chi connectivity index (χ3n) is 1.60. The van der Waals surface area contributed by atoms with Gasteiger partial charge in [-0.25, -0.2) is 4.79 Å². The third-order valence-corrected chi connectivity index (χ3v) is 1.60. The Balaban J connectivity index is 3.98. The maximum absolute atomic E-state index is 11.2. The number of nitrogens with one attached hydrogen (secondary N) is 1. The molecule has 0 aliphatic heterocycles. The van der Waals surface area contributed by atoms with Gasteiger partial charge in [0.2, 0.25) is 5.91 Å². The van der Waals surface area contributed by atoms with Gasteiger partial charge in [0, 0.05) is 7.11 Å². The van der Waals surface area contributed by atoms with Gasteiger partial charge in [-0.1, -0.05) is 0 Å². The molecule has 0 aromatic rings. The molecule has 0 radical (unpaired) electrons. The molecular formula is C8H16N2O4. The van der Waals surface area contributed by atoms with E-state index < -0.39 is 24.0 Å². The summed E-state index contributed by atoms with van der Waals surface area (Å²) < 4.78 is 9.12. The van der Waals surface area contributed by atoms with Gasteiger partial charge in [0.15, 0.2) is 0 Å². The van der Waals surface area contributed by atoms with Crippen LogP contribution in [-0.4, -0.2) is 44.8 Å². The summed E-state index contributed by atoms with van der Waals surface area (Å²) in [5.41, 5.74) is 5.43. The Morgan fingerprint density at radius 3 is 2.43 bits per heavy atom. The Morgan fingerprint density at radius 1 is 1.43 bits per heavy atom. The molecule has 0 aromatic heterocycles. The number of amides is 1. The molecule has 0 bridgehead atoms. The van der Waals surface area contributed by atoms with Gasteiger partial charge in [-0.05, 0) is 6.92 Å². The molecule has 6 nitrogen and oxygen atoms in total. The van der Waals surface area contributed by atoms with Crippen molar-refractivity contribution in [3.05, 3.63) is 0 Å². The van der Waals surface area contributed by atoms with E-state index in [4.69, 9.17) is 10.5 Å². The monoisotopic (exact) mass is 204 g/mol. The highest BCUT2D eigenvalue weighted by Crippen LogP contribution is 1.88. The van der Waals surface area contributed by atoms with E-state index in [0.717, 1.165) is 0 Å². The zero-order chi connectivity index (χ0) is 11.1. The Labute approximate surface area is 82.7 Å². The number of carbonyl (C=O) groups excluding carboxylic acids is 2. The van der Waals surface area contributed by atoms with Crippen molar-refractivity contribution in [3.63, 3.8) is 0 Å². The van der Waals surface area contributed by atoms with E-state index in [9.17, 15) is 9.59 Å². The van der Waals surface area contributed by atoms with Gasteiger partial charge >= 0.3 is 5.97 Å². The van der Waals surface area contributed by atoms with Crippen LogP contribution in [0.15, 0.2) is 0 Å². The molecule has 0 heterocycles. The first kappa shape index (κ1) is 12.9. The molecule has 0 saturated heterocycles. The molecule has 0 spiro atoms. The fraction of sp³-hybridized carbons (Fsp3) is 0.750. The molecule has 0 fully saturated rings. The quantitative estimate of drug-likeness (QED) is 0.540. The molecule has 2 atom stereocenters. The predicted molar refractivity (Wildman–Crippen MR) is 49.5 cm³/mol. The topological polar surface area (TPSA) is 90.6 Å². The number of carbonyl (C=O) groups is 2. The molecule has 0 aliphatic carbocycles. The van der Waals surface area contributed by atoms with Crippen LogP contribution in [0.1, 0.15) is 6.92 Å². The van der Waals surface area contributed by atoms with Crippen LogP contribution in [0.2, 0.25) is 0 Å². The van der Waals surface area contributed by atoms with Crippen molar-refractivity contribution >= 4 is 11.9 Å². The van der Waals surface area contributed by atoms with E-state index in [2.05, 4.69) is 10.1 Å². The van der Waals surface area contributed by atoms with Crippen LogP contribution in [-0.2, 0) is 19.1 Å². The molecule has 14 heavy (non-hydrogen) atoms. The van der Waals surface area contributed by atoms with Crippen molar-refractivity contribution in [2.24, 2.45) is 5.73 Å². The summed E-state index contributed by atoms with van der Waals surface area (Å²) in [6, 6.07) is -1.47. The van der Waals surface area contributed by atoms with E-state index >= 15 is 0 Å². The second kappa shape index (κ2) is 6.33. The number of rotatable bonds is 5. The van der Waals surface area contributed by atoms with E-state index in [0.29, 0.717) is 0 Å². The number of esters is 1. The number of hydrogen-bond donors (Lipinski definition) is 2. The summed E-state index contributed by atoms with van der Waals surface area (Å²) in [7, 11) is 2.69. The molecular weight excluding hydrogens is 188 g/mol. The number of hydrogen-bond acceptors (Lipinski definition) is 5. The lowest BCUT2D eigenvalue weighted by atomic mass is 10.2. The molecule has 82 valence electrons. The molecule has 0 rings (SSSR count). The fourth-order valence-electron chi connectivity index (χ4n) is 0.811. The van der Waals surface area contributed by atoms with E-state index in [-0.39, 0.29) is 6.61 Å². The van der Waals surface area contributed by atoms with Crippen molar-refractivity contribution < 1.29 is 19.1 Å². The molecule has 0 saturated carbocycles. The van der Waals surface area contributed by atoms with Gasteiger partial charge < -0.3 is 20.5 Å². The van der Waals surface area contributed by atoms with Crippen molar-refractivity contribution in [1.82, 2.24) is 5.32 Å². The minimum Gasteiger partial charge on any atom is -0.467 e. The van der Waals surface area contributed by atoms with Gasteiger partial charge in [-0.2, -0.15) is 0 Å². The van der Waals surface area contributed by atoms with Gasteiger partial charge in [-0.15, -0.1) is 0 Å². The summed E-state index contributed by atoms with van der Waals surface area (Å²) in [5, 5.41) is 2.40. The van der Waals surface area contributed by atoms with E-state index in [1.54, 1.807) is 0 Å². The van der Waals surface area contributed by atoms with Crippen LogP contribution in [0, 0.1) is 0 Å². The van der Waals surface area contributed by atoms with Crippen molar-refractivity contribution in [2.75, 3.05) is 20.8 Å². The van der Waals surface area contributed by atoms with Crippen LogP contribution in [0.3, 0.4) is 0 Å². The Bertz CT molecular complexity index is 208. The molecule has 3 N–H and O–H groups in total. The average Bonchev–Trinajstić information content (AvgIpc) is 2.16. The highest BCUT2D eigenvalue weighted by Gasteiger charge is 2.19. The second-order valence-electron chi connectivity index (χ2n) is 2.82. The Morgan fingerprint density at radius 2 is 2.00 bits per heavy atom. The van der Waals surface area contributed by atoms with E-state index in [1.165, 1.54) is 21.1 Å². The zero-order valence-corrected chi connectivity index (χ0v) is 8.57. The lowest BCUT2D eigenvalue weighted by molar-refractivity contribution is -0.144. The first-order valence-electron chi connectivity index (χ1n) is 4.15. The highest BCUT2D eigenvalue weighted by molar-refractivity contribution is 5.87. The summed E-state index contributed by atoms with van der Waals surface area (Å²) >= 11 is 0. The van der Waals surface area contributed by atoms with Crippen LogP contribution < -0.4 is 11.1 Å². The van der Waals surface area contributed by atoms with E-state index in [1.807, 2.05) is 0 Å². The van der Waals surface area contributed by atoms with Gasteiger partial charge in [0.1, 0.15) is 12.1 Å². The summed E-state index contributed by atoms with van der Waals surface area (Å²) in [6.45, 7) is 1.63. The predicted octanol–water partition coefficient (Wildman–Crippen LogP) is -1.36. The Hall–Kier alpha value is -1.14. The first-order valence-corrected chi connectivity index (χ1v) is 4.15. The summed E-state index contributed by atoms with van der Waals surface area (Å²) in [5.74, 6) is -0.951. The molecule has 6 heteroatoms. The smallest absolute Gasteiger partial charge is 0.328 e. The standard InChI is InChI=1S/C8H16N2O4/c1-5(8(12)14-3)10-7(11)6(9)4-13-2/h5-6H,4,9H2,1-3H3,(H,10,11). The zero-order valence-electron chi connectivity index (χ0n) is 8.57. The summed E-state index contributed by atoms with van der Waals surface area (Å²) in [4.78, 5) is 22.2. The second-order valence-corrected chi connectivity index (χ2v) is 2.82. The molecule has 0 aromatic carbocycles. The first-order chi connectivity index (χ1) is 6.52. The number of nitrogens with two attached hydrogens (primary N) is 1. The molecule has 0 aliphatic rings.